The molecule has 0 fully saturated rings. The van der Waals surface area contributed by atoms with Crippen LogP contribution in [-0.2, 0) is 0 Å². The van der Waals surface area contributed by atoms with Gasteiger partial charge in [0, 0.05) is 5.39 Å². The minimum absolute atomic E-state index is 0.973. The van der Waals surface area contributed by atoms with E-state index in [-0.39, 0.29) is 0 Å². The van der Waals surface area contributed by atoms with E-state index in [1.807, 2.05) is 6.92 Å². The van der Waals surface area contributed by atoms with Crippen LogP contribution in [0, 0.1) is 13.8 Å². The first-order chi connectivity index (χ1) is 7.25. The van der Waals surface area contributed by atoms with Gasteiger partial charge in [-0.05, 0) is 30.9 Å². The Kier molecular flexibility index (Phi) is 1.60. The molecule has 0 bridgehead atoms. The van der Waals surface area contributed by atoms with Crippen LogP contribution in [0.25, 0.3) is 21.8 Å². The van der Waals surface area contributed by atoms with Crippen LogP contribution in [0.1, 0.15) is 11.4 Å². The van der Waals surface area contributed by atoms with E-state index in [1.54, 1.807) is 0 Å². The molecule has 2 aromatic carbocycles. The SMILES string of the molecule is Cc1nc2c(ccc3cccc(C)c32)[nH]1. The third-order valence-electron chi connectivity index (χ3n) is 2.82. The topological polar surface area (TPSA) is 28.7 Å². The van der Waals surface area contributed by atoms with Crippen molar-refractivity contribution < 1.29 is 0 Å². The van der Waals surface area contributed by atoms with Crippen LogP contribution in [-0.4, -0.2) is 9.97 Å². The predicted molar refractivity (Wildman–Crippen MR) is 63.1 cm³/mol. The van der Waals surface area contributed by atoms with Crippen LogP contribution in [0.15, 0.2) is 30.3 Å². The molecular weight excluding hydrogens is 184 g/mol. The second-order valence-corrected chi connectivity index (χ2v) is 3.96. The van der Waals surface area contributed by atoms with E-state index in [0.29, 0.717) is 0 Å². The molecule has 2 heteroatoms. The van der Waals surface area contributed by atoms with Crippen LogP contribution in [0.2, 0.25) is 0 Å². The number of nitrogens with zero attached hydrogens (tertiary/aromatic N) is 1. The summed E-state index contributed by atoms with van der Waals surface area (Å²) in [5, 5.41) is 2.52. The zero-order valence-electron chi connectivity index (χ0n) is 8.83. The number of imidazole rings is 1. The molecule has 0 spiro atoms. The fourth-order valence-electron chi connectivity index (χ4n) is 2.15. The van der Waals surface area contributed by atoms with Crippen LogP contribution < -0.4 is 0 Å². The predicted octanol–water partition coefficient (Wildman–Crippen LogP) is 3.33. The maximum Gasteiger partial charge on any atom is 0.104 e. The van der Waals surface area contributed by atoms with Gasteiger partial charge in [0.15, 0.2) is 0 Å². The Hall–Kier alpha value is -1.83. The largest absolute Gasteiger partial charge is 0.342 e. The quantitative estimate of drug-likeness (QED) is 0.587. The number of benzene rings is 2. The first kappa shape index (κ1) is 8.48. The van der Waals surface area contributed by atoms with Crippen molar-refractivity contribution in [2.45, 2.75) is 13.8 Å². The van der Waals surface area contributed by atoms with Crippen molar-refractivity contribution in [3.63, 3.8) is 0 Å². The molecule has 3 aromatic rings. The Bertz CT molecular complexity index is 650. The molecule has 0 aliphatic heterocycles. The van der Waals surface area contributed by atoms with Gasteiger partial charge in [-0.25, -0.2) is 4.98 Å². The minimum Gasteiger partial charge on any atom is -0.342 e. The molecule has 1 heterocycles. The molecular formula is C13H12N2. The third kappa shape index (κ3) is 1.14. The smallest absolute Gasteiger partial charge is 0.104 e. The van der Waals surface area contributed by atoms with Crippen molar-refractivity contribution in [2.24, 2.45) is 0 Å². The van der Waals surface area contributed by atoms with Gasteiger partial charge in [0.1, 0.15) is 5.82 Å². The van der Waals surface area contributed by atoms with Crippen LogP contribution in [0.5, 0.6) is 0 Å². The zero-order valence-corrected chi connectivity index (χ0v) is 8.83. The Morgan fingerprint density at radius 2 is 1.93 bits per heavy atom. The lowest BCUT2D eigenvalue weighted by Crippen LogP contribution is -1.80. The van der Waals surface area contributed by atoms with Gasteiger partial charge in [0.2, 0.25) is 0 Å². The van der Waals surface area contributed by atoms with Gasteiger partial charge in [-0.15, -0.1) is 0 Å². The van der Waals surface area contributed by atoms with Crippen LogP contribution in [0.4, 0.5) is 0 Å². The van der Waals surface area contributed by atoms with Crippen molar-refractivity contribution in [1.29, 1.82) is 0 Å². The summed E-state index contributed by atoms with van der Waals surface area (Å²) in [7, 11) is 0. The second kappa shape index (κ2) is 2.83. The number of aromatic amines is 1. The van der Waals surface area contributed by atoms with Gasteiger partial charge in [-0.2, -0.15) is 0 Å². The molecule has 1 aromatic heterocycles. The highest BCUT2D eigenvalue weighted by Crippen LogP contribution is 2.26. The standard InChI is InChI=1S/C13H12N2/c1-8-4-3-5-10-6-7-11-13(12(8)10)15-9(2)14-11/h3-7H,1-2H3,(H,14,15). The molecule has 0 aliphatic rings. The summed E-state index contributed by atoms with van der Waals surface area (Å²) in [4.78, 5) is 7.81. The number of hydrogen-bond acceptors (Lipinski definition) is 1. The minimum atomic E-state index is 0.973. The number of rotatable bonds is 0. The lowest BCUT2D eigenvalue weighted by molar-refractivity contribution is 1.17. The average Bonchev–Trinajstić information content (AvgIpc) is 2.58. The van der Waals surface area contributed by atoms with Crippen molar-refractivity contribution >= 4 is 21.8 Å². The third-order valence-corrected chi connectivity index (χ3v) is 2.82. The molecule has 0 amide bonds. The molecule has 1 N–H and O–H groups in total. The normalized spacial score (nSPS) is 11.3. The molecule has 0 aliphatic carbocycles. The zero-order chi connectivity index (χ0) is 10.4. The first-order valence-electron chi connectivity index (χ1n) is 5.10. The maximum atomic E-state index is 4.55. The Labute approximate surface area is 88.0 Å². The highest BCUT2D eigenvalue weighted by molar-refractivity contribution is 6.05. The van der Waals surface area contributed by atoms with Gasteiger partial charge >= 0.3 is 0 Å². The fraction of sp³-hybridized carbons (Fsp3) is 0.154. The van der Waals surface area contributed by atoms with Gasteiger partial charge in [0.25, 0.3) is 0 Å². The lowest BCUT2D eigenvalue weighted by atomic mass is 10.0. The molecule has 3 rings (SSSR count). The molecule has 0 atom stereocenters. The monoisotopic (exact) mass is 196 g/mol. The maximum absolute atomic E-state index is 4.55. The van der Waals surface area contributed by atoms with E-state index in [0.717, 1.165) is 16.9 Å². The summed E-state index contributed by atoms with van der Waals surface area (Å²) in [6.45, 7) is 4.12. The summed E-state index contributed by atoms with van der Waals surface area (Å²) in [5.41, 5.74) is 3.49. The van der Waals surface area contributed by atoms with Gasteiger partial charge in [0.05, 0.1) is 11.0 Å². The molecule has 0 saturated carbocycles. The van der Waals surface area contributed by atoms with E-state index in [9.17, 15) is 0 Å². The summed E-state index contributed by atoms with van der Waals surface area (Å²) >= 11 is 0. The van der Waals surface area contributed by atoms with Crippen molar-refractivity contribution in [3.05, 3.63) is 41.7 Å². The highest BCUT2D eigenvalue weighted by Gasteiger charge is 2.05. The van der Waals surface area contributed by atoms with Gasteiger partial charge in [-0.3, -0.25) is 0 Å². The Morgan fingerprint density at radius 1 is 1.07 bits per heavy atom. The van der Waals surface area contributed by atoms with Gasteiger partial charge in [-0.1, -0.05) is 24.3 Å². The van der Waals surface area contributed by atoms with E-state index in [2.05, 4.69) is 47.2 Å². The summed E-state index contributed by atoms with van der Waals surface area (Å²) in [5.74, 6) is 0.973. The Balaban J connectivity index is 2.62. The van der Waals surface area contributed by atoms with Gasteiger partial charge < -0.3 is 4.98 Å². The Morgan fingerprint density at radius 3 is 2.80 bits per heavy atom. The summed E-state index contributed by atoms with van der Waals surface area (Å²) < 4.78 is 0. The number of aromatic nitrogens is 2. The van der Waals surface area contributed by atoms with E-state index in [4.69, 9.17) is 0 Å². The van der Waals surface area contributed by atoms with Crippen molar-refractivity contribution in [1.82, 2.24) is 9.97 Å². The number of nitrogens with one attached hydrogen (secondary N) is 1. The number of aryl methyl sites for hydroxylation is 2. The fourth-order valence-corrected chi connectivity index (χ4v) is 2.15. The molecule has 0 saturated heterocycles. The lowest BCUT2D eigenvalue weighted by Gasteiger charge is -2.01. The molecule has 15 heavy (non-hydrogen) atoms. The van der Waals surface area contributed by atoms with E-state index < -0.39 is 0 Å². The first-order valence-corrected chi connectivity index (χ1v) is 5.10. The number of hydrogen-bond donors (Lipinski definition) is 1. The van der Waals surface area contributed by atoms with E-state index >= 15 is 0 Å². The highest BCUT2D eigenvalue weighted by atomic mass is 14.9. The molecule has 0 unspecified atom stereocenters. The van der Waals surface area contributed by atoms with Crippen LogP contribution >= 0.6 is 0 Å². The van der Waals surface area contributed by atoms with E-state index in [1.165, 1.54) is 16.3 Å². The molecule has 74 valence electrons. The second-order valence-electron chi connectivity index (χ2n) is 3.96. The van der Waals surface area contributed by atoms with Crippen LogP contribution in [0.3, 0.4) is 0 Å². The summed E-state index contributed by atoms with van der Waals surface area (Å²) in [6, 6.07) is 10.6. The number of H-pyrrole nitrogens is 1. The molecule has 0 radical (unpaired) electrons. The van der Waals surface area contributed by atoms with Crippen molar-refractivity contribution in [3.8, 4) is 0 Å². The molecule has 2 nitrogen and oxygen atoms in total. The number of fused-ring (bicyclic) bond motifs is 3. The summed E-state index contributed by atoms with van der Waals surface area (Å²) in [6.07, 6.45) is 0. The van der Waals surface area contributed by atoms with Crippen molar-refractivity contribution in [2.75, 3.05) is 0 Å². The average molecular weight is 196 g/mol.